The molecule has 1 aliphatic carbocycles. The monoisotopic (exact) mass is 256 g/mol. The van der Waals surface area contributed by atoms with E-state index < -0.39 is 0 Å². The average molecular weight is 257 g/mol. The molecule has 0 heterocycles. The zero-order valence-corrected chi connectivity index (χ0v) is 10.6. The molecule has 0 N–H and O–H groups in total. The number of ketones is 1. The van der Waals surface area contributed by atoms with Gasteiger partial charge in [-0.1, -0.05) is 41.9 Å². The van der Waals surface area contributed by atoms with Crippen molar-refractivity contribution in [2.45, 2.75) is 12.3 Å². The third-order valence-electron chi connectivity index (χ3n) is 3.48. The molecule has 0 saturated heterocycles. The van der Waals surface area contributed by atoms with Gasteiger partial charge in [-0.15, -0.1) is 0 Å². The van der Waals surface area contributed by atoms with Gasteiger partial charge in [0.05, 0.1) is 0 Å². The Hall–Kier alpha value is -1.60. The summed E-state index contributed by atoms with van der Waals surface area (Å²) in [5, 5.41) is 0.668. The van der Waals surface area contributed by atoms with Crippen molar-refractivity contribution in [3.63, 3.8) is 0 Å². The standard InChI is InChI=1S/C16H13ClO/c17-13-8-6-12(7-9-13)16(18)15-10-14(15)11-4-2-1-3-5-11/h1-9,14-15H,10H2/t14-,15-/m1/s1. The highest BCUT2D eigenvalue weighted by molar-refractivity contribution is 6.30. The summed E-state index contributed by atoms with van der Waals surface area (Å²) in [6.07, 6.45) is 0.964. The summed E-state index contributed by atoms with van der Waals surface area (Å²) < 4.78 is 0. The summed E-state index contributed by atoms with van der Waals surface area (Å²) in [6, 6.07) is 17.4. The van der Waals surface area contributed by atoms with E-state index in [0.29, 0.717) is 10.9 Å². The van der Waals surface area contributed by atoms with Gasteiger partial charge < -0.3 is 0 Å². The lowest BCUT2D eigenvalue weighted by Crippen LogP contribution is -2.02. The molecule has 2 aromatic rings. The first-order chi connectivity index (χ1) is 8.75. The normalized spacial score (nSPS) is 21.6. The summed E-state index contributed by atoms with van der Waals surface area (Å²) in [5.74, 6) is 0.781. The summed E-state index contributed by atoms with van der Waals surface area (Å²) in [5.41, 5.74) is 2.03. The highest BCUT2D eigenvalue weighted by Crippen LogP contribution is 2.49. The first-order valence-electron chi connectivity index (χ1n) is 6.10. The fourth-order valence-corrected chi connectivity index (χ4v) is 2.51. The lowest BCUT2D eigenvalue weighted by atomic mass is 10.0. The maximum absolute atomic E-state index is 12.3. The van der Waals surface area contributed by atoms with E-state index in [9.17, 15) is 4.79 Å². The first-order valence-corrected chi connectivity index (χ1v) is 6.48. The molecule has 1 fully saturated rings. The zero-order chi connectivity index (χ0) is 12.5. The van der Waals surface area contributed by atoms with Crippen molar-refractivity contribution < 1.29 is 4.79 Å². The average Bonchev–Trinajstić information content (AvgIpc) is 3.20. The molecule has 3 rings (SSSR count). The molecular weight excluding hydrogens is 244 g/mol. The molecule has 1 nitrogen and oxygen atoms in total. The first kappa shape index (κ1) is 11.5. The Morgan fingerprint density at radius 3 is 2.33 bits per heavy atom. The Labute approximate surface area is 111 Å². The van der Waals surface area contributed by atoms with Gasteiger partial charge in [-0.05, 0) is 42.2 Å². The highest BCUT2D eigenvalue weighted by Gasteiger charge is 2.43. The van der Waals surface area contributed by atoms with Crippen molar-refractivity contribution in [3.8, 4) is 0 Å². The number of hydrogen-bond acceptors (Lipinski definition) is 1. The number of rotatable bonds is 3. The zero-order valence-electron chi connectivity index (χ0n) is 9.84. The van der Waals surface area contributed by atoms with Crippen LogP contribution in [0.15, 0.2) is 54.6 Å². The van der Waals surface area contributed by atoms with Crippen molar-refractivity contribution in [3.05, 3.63) is 70.7 Å². The highest BCUT2D eigenvalue weighted by atomic mass is 35.5. The van der Waals surface area contributed by atoms with Gasteiger partial charge in [0.1, 0.15) is 0 Å². The molecule has 1 aliphatic rings. The molecule has 0 radical (unpaired) electrons. The smallest absolute Gasteiger partial charge is 0.166 e. The van der Waals surface area contributed by atoms with Gasteiger partial charge in [-0.25, -0.2) is 0 Å². The number of Topliss-reactive ketones (excluding diaryl/α,β-unsaturated/α-hetero) is 1. The van der Waals surface area contributed by atoms with E-state index in [-0.39, 0.29) is 11.7 Å². The number of benzene rings is 2. The van der Waals surface area contributed by atoms with Crippen LogP contribution in [0, 0.1) is 5.92 Å². The summed E-state index contributed by atoms with van der Waals surface area (Å²) in [6.45, 7) is 0. The second kappa shape index (κ2) is 4.58. The minimum absolute atomic E-state index is 0.147. The Bertz CT molecular complexity index is 559. The van der Waals surface area contributed by atoms with Crippen molar-refractivity contribution in [2.75, 3.05) is 0 Å². The van der Waals surface area contributed by atoms with E-state index in [1.165, 1.54) is 5.56 Å². The Morgan fingerprint density at radius 2 is 1.67 bits per heavy atom. The molecule has 2 heteroatoms. The van der Waals surface area contributed by atoms with E-state index in [1.807, 2.05) is 30.3 Å². The van der Waals surface area contributed by atoms with Crippen LogP contribution in [0.5, 0.6) is 0 Å². The second-order valence-corrected chi connectivity index (χ2v) is 5.17. The fourth-order valence-electron chi connectivity index (χ4n) is 2.38. The Morgan fingerprint density at radius 1 is 1.00 bits per heavy atom. The number of carbonyl (C=O) groups is 1. The SMILES string of the molecule is O=C(c1ccc(Cl)cc1)[C@@H]1C[C@@H]1c1ccccc1. The lowest BCUT2D eigenvalue weighted by molar-refractivity contribution is 0.0965. The lowest BCUT2D eigenvalue weighted by Gasteiger charge is -2.01. The third-order valence-corrected chi connectivity index (χ3v) is 3.74. The van der Waals surface area contributed by atoms with Crippen LogP contribution in [0.25, 0.3) is 0 Å². The van der Waals surface area contributed by atoms with Crippen molar-refractivity contribution in [1.82, 2.24) is 0 Å². The van der Waals surface area contributed by atoms with Crippen molar-refractivity contribution in [1.29, 1.82) is 0 Å². The van der Waals surface area contributed by atoms with Crippen LogP contribution < -0.4 is 0 Å². The molecule has 0 spiro atoms. The van der Waals surface area contributed by atoms with Gasteiger partial charge >= 0.3 is 0 Å². The molecule has 90 valence electrons. The predicted octanol–water partition coefficient (Wildman–Crippen LogP) is 4.33. The molecule has 1 saturated carbocycles. The number of halogens is 1. The van der Waals surface area contributed by atoms with Crippen LogP contribution in [0.2, 0.25) is 5.02 Å². The van der Waals surface area contributed by atoms with Crippen LogP contribution >= 0.6 is 11.6 Å². The summed E-state index contributed by atoms with van der Waals surface area (Å²) >= 11 is 5.82. The van der Waals surface area contributed by atoms with E-state index in [0.717, 1.165) is 12.0 Å². The predicted molar refractivity (Wildman–Crippen MR) is 73.1 cm³/mol. The van der Waals surface area contributed by atoms with Crippen molar-refractivity contribution >= 4 is 17.4 Å². The molecular formula is C16H13ClO. The van der Waals surface area contributed by atoms with Gasteiger partial charge in [0.2, 0.25) is 0 Å². The second-order valence-electron chi connectivity index (χ2n) is 4.73. The molecule has 0 unspecified atom stereocenters. The maximum Gasteiger partial charge on any atom is 0.166 e. The Kier molecular flexibility index (Phi) is 2.92. The Balaban J connectivity index is 1.75. The van der Waals surface area contributed by atoms with Gasteiger partial charge in [0, 0.05) is 16.5 Å². The van der Waals surface area contributed by atoms with Gasteiger partial charge in [0.15, 0.2) is 5.78 Å². The number of hydrogen-bond donors (Lipinski definition) is 0. The minimum atomic E-state index is 0.147. The number of carbonyl (C=O) groups excluding carboxylic acids is 1. The summed E-state index contributed by atoms with van der Waals surface area (Å²) in [4.78, 5) is 12.3. The summed E-state index contributed by atoms with van der Waals surface area (Å²) in [7, 11) is 0. The van der Waals surface area contributed by atoms with Crippen LogP contribution in [0.4, 0.5) is 0 Å². The molecule has 0 amide bonds. The molecule has 0 aromatic heterocycles. The molecule has 0 bridgehead atoms. The van der Waals surface area contributed by atoms with Gasteiger partial charge in [-0.2, -0.15) is 0 Å². The van der Waals surface area contributed by atoms with Crippen LogP contribution in [0.3, 0.4) is 0 Å². The molecule has 0 aliphatic heterocycles. The maximum atomic E-state index is 12.3. The molecule has 18 heavy (non-hydrogen) atoms. The topological polar surface area (TPSA) is 17.1 Å². The van der Waals surface area contributed by atoms with Crippen LogP contribution in [-0.4, -0.2) is 5.78 Å². The van der Waals surface area contributed by atoms with Gasteiger partial charge in [0.25, 0.3) is 0 Å². The molecule has 2 atom stereocenters. The van der Waals surface area contributed by atoms with E-state index in [2.05, 4.69) is 12.1 Å². The quantitative estimate of drug-likeness (QED) is 0.747. The third kappa shape index (κ3) is 2.19. The molecule has 2 aromatic carbocycles. The van der Waals surface area contributed by atoms with Crippen molar-refractivity contribution in [2.24, 2.45) is 5.92 Å². The fraction of sp³-hybridized carbons (Fsp3) is 0.188. The van der Waals surface area contributed by atoms with Crippen LogP contribution in [-0.2, 0) is 0 Å². The largest absolute Gasteiger partial charge is 0.294 e. The van der Waals surface area contributed by atoms with Crippen LogP contribution in [0.1, 0.15) is 28.3 Å². The van der Waals surface area contributed by atoms with E-state index >= 15 is 0 Å². The van der Waals surface area contributed by atoms with E-state index in [1.54, 1.807) is 12.1 Å². The minimum Gasteiger partial charge on any atom is -0.294 e. The van der Waals surface area contributed by atoms with Gasteiger partial charge in [-0.3, -0.25) is 4.79 Å². The van der Waals surface area contributed by atoms with E-state index in [4.69, 9.17) is 11.6 Å².